The van der Waals surface area contributed by atoms with Crippen LogP contribution in [-0.4, -0.2) is 19.2 Å². The minimum Gasteiger partial charge on any atom is -0.493 e. The van der Waals surface area contributed by atoms with Gasteiger partial charge in [-0.3, -0.25) is 0 Å². The fraction of sp³-hybridized carbons (Fsp3) is 0.667. The summed E-state index contributed by atoms with van der Waals surface area (Å²) in [7, 11) is 0. The van der Waals surface area contributed by atoms with Gasteiger partial charge in [0, 0.05) is 12.1 Å². The zero-order chi connectivity index (χ0) is 19.1. The van der Waals surface area contributed by atoms with Crippen LogP contribution in [0.25, 0.3) is 0 Å². The third-order valence-corrected chi connectivity index (χ3v) is 5.39. The van der Waals surface area contributed by atoms with Crippen molar-refractivity contribution < 1.29 is 9.53 Å². The van der Waals surface area contributed by atoms with Gasteiger partial charge in [-0.05, 0) is 48.1 Å². The number of rotatable bonds is 10. The summed E-state index contributed by atoms with van der Waals surface area (Å²) in [5.74, 6) is 0.977. The first-order chi connectivity index (χ1) is 11.6. The number of benzene rings is 1. The summed E-state index contributed by atoms with van der Waals surface area (Å²) >= 11 is 0. The lowest BCUT2D eigenvalue weighted by Gasteiger charge is -2.30. The Morgan fingerprint density at radius 3 is 2.28 bits per heavy atom. The maximum atomic E-state index is 10.7. The number of ether oxygens (including phenoxy) is 1. The minimum absolute atomic E-state index is 0.0721. The molecule has 0 saturated heterocycles. The van der Waals surface area contributed by atoms with Crippen LogP contribution < -0.4 is 15.8 Å². The Morgan fingerprint density at radius 2 is 1.72 bits per heavy atom. The molecule has 0 saturated carbocycles. The number of carbonyl (C=O) groups excluding carboxylic acids is 1. The number of amides is 2. The zero-order valence-electron chi connectivity index (χ0n) is 16.9. The van der Waals surface area contributed by atoms with Crippen LogP contribution in [0, 0.1) is 0 Å². The number of carbonyl (C=O) groups is 1. The normalized spacial score (nSPS) is 12.1. The molecular formula is C21H36N2O2. The smallest absolute Gasteiger partial charge is 0.312 e. The standard InChI is InChI=1S/C21H36N2O2/c1-7-20(3,4)16-11-12-18(17(15-16)21(5,6)8-2)25-14-10-9-13-23-19(22)24/h11-12,15H,7-10,13-14H2,1-6H3,(H3,22,23,24). The predicted molar refractivity (Wildman–Crippen MR) is 105 cm³/mol. The summed E-state index contributed by atoms with van der Waals surface area (Å²) < 4.78 is 6.09. The number of hydrogen-bond acceptors (Lipinski definition) is 2. The van der Waals surface area contributed by atoms with E-state index >= 15 is 0 Å². The molecule has 0 aliphatic carbocycles. The fourth-order valence-electron chi connectivity index (χ4n) is 2.62. The van der Waals surface area contributed by atoms with Gasteiger partial charge in [-0.1, -0.05) is 53.7 Å². The van der Waals surface area contributed by atoms with Crippen LogP contribution in [0.4, 0.5) is 4.79 Å². The Kier molecular flexibility index (Phi) is 7.78. The molecule has 0 heterocycles. The first-order valence-electron chi connectivity index (χ1n) is 9.45. The molecule has 0 aromatic heterocycles. The molecule has 0 radical (unpaired) electrons. The third kappa shape index (κ3) is 6.26. The molecule has 4 heteroatoms. The van der Waals surface area contributed by atoms with Crippen molar-refractivity contribution in [3.63, 3.8) is 0 Å². The van der Waals surface area contributed by atoms with Crippen molar-refractivity contribution in [1.82, 2.24) is 5.32 Å². The van der Waals surface area contributed by atoms with E-state index in [4.69, 9.17) is 10.5 Å². The molecule has 1 rings (SSSR count). The van der Waals surface area contributed by atoms with Gasteiger partial charge in [0.25, 0.3) is 0 Å². The highest BCUT2D eigenvalue weighted by atomic mass is 16.5. The van der Waals surface area contributed by atoms with Crippen molar-refractivity contribution in [2.45, 2.75) is 78.1 Å². The summed E-state index contributed by atoms with van der Waals surface area (Å²) in [5.41, 5.74) is 7.94. The first kappa shape index (κ1) is 21.3. The average molecular weight is 349 g/mol. The number of primary amides is 1. The highest BCUT2D eigenvalue weighted by molar-refractivity contribution is 5.71. The molecule has 0 aliphatic heterocycles. The molecule has 0 bridgehead atoms. The van der Waals surface area contributed by atoms with Gasteiger partial charge in [0.05, 0.1) is 6.61 Å². The molecule has 0 unspecified atom stereocenters. The summed E-state index contributed by atoms with van der Waals surface area (Å²) in [4.78, 5) is 10.7. The molecule has 0 spiro atoms. The van der Waals surface area contributed by atoms with E-state index in [1.807, 2.05) is 0 Å². The average Bonchev–Trinajstić information content (AvgIpc) is 2.57. The maximum absolute atomic E-state index is 10.7. The van der Waals surface area contributed by atoms with Crippen molar-refractivity contribution in [1.29, 1.82) is 0 Å². The Morgan fingerprint density at radius 1 is 1.08 bits per heavy atom. The monoisotopic (exact) mass is 348 g/mol. The molecule has 25 heavy (non-hydrogen) atoms. The summed E-state index contributed by atoms with van der Waals surface area (Å²) in [6, 6.07) is 6.18. The quantitative estimate of drug-likeness (QED) is 0.591. The van der Waals surface area contributed by atoms with Gasteiger partial charge >= 0.3 is 6.03 Å². The molecule has 2 amide bonds. The number of unbranched alkanes of at least 4 members (excludes halogenated alkanes) is 1. The molecular weight excluding hydrogens is 312 g/mol. The van der Waals surface area contributed by atoms with Crippen LogP contribution in [-0.2, 0) is 10.8 Å². The minimum atomic E-state index is -0.470. The third-order valence-electron chi connectivity index (χ3n) is 5.39. The predicted octanol–water partition coefficient (Wildman–Crippen LogP) is 4.89. The number of nitrogens with one attached hydrogen (secondary N) is 1. The van der Waals surface area contributed by atoms with Crippen molar-refractivity contribution in [2.75, 3.05) is 13.2 Å². The van der Waals surface area contributed by atoms with E-state index in [-0.39, 0.29) is 10.8 Å². The van der Waals surface area contributed by atoms with Crippen molar-refractivity contribution in [3.05, 3.63) is 29.3 Å². The van der Waals surface area contributed by atoms with Gasteiger partial charge in [-0.15, -0.1) is 0 Å². The summed E-state index contributed by atoms with van der Waals surface area (Å²) in [5, 5.41) is 2.60. The Hall–Kier alpha value is -1.71. The van der Waals surface area contributed by atoms with Gasteiger partial charge in [-0.25, -0.2) is 4.79 Å². The fourth-order valence-corrected chi connectivity index (χ4v) is 2.62. The van der Waals surface area contributed by atoms with E-state index in [1.165, 1.54) is 11.1 Å². The zero-order valence-corrected chi connectivity index (χ0v) is 16.9. The van der Waals surface area contributed by atoms with Crippen molar-refractivity contribution in [2.24, 2.45) is 5.73 Å². The Labute approximate surface area is 153 Å². The Balaban J connectivity index is 2.86. The second-order valence-corrected chi connectivity index (χ2v) is 8.03. The van der Waals surface area contributed by atoms with E-state index in [0.29, 0.717) is 13.2 Å². The highest BCUT2D eigenvalue weighted by Gasteiger charge is 2.26. The van der Waals surface area contributed by atoms with Crippen LogP contribution >= 0.6 is 0 Å². The molecule has 1 aromatic carbocycles. The van der Waals surface area contributed by atoms with Gasteiger partial charge in [0.1, 0.15) is 5.75 Å². The van der Waals surface area contributed by atoms with Crippen LogP contribution in [0.3, 0.4) is 0 Å². The molecule has 1 aromatic rings. The van der Waals surface area contributed by atoms with Gasteiger partial charge in [0.2, 0.25) is 0 Å². The lowest BCUT2D eigenvalue weighted by atomic mass is 9.76. The van der Waals surface area contributed by atoms with E-state index in [1.54, 1.807) is 0 Å². The second-order valence-electron chi connectivity index (χ2n) is 8.03. The maximum Gasteiger partial charge on any atom is 0.312 e. The lowest BCUT2D eigenvalue weighted by Crippen LogP contribution is -2.30. The SMILES string of the molecule is CCC(C)(C)c1ccc(OCCCCNC(N)=O)c(C(C)(C)CC)c1. The second kappa shape index (κ2) is 9.12. The van der Waals surface area contributed by atoms with E-state index in [2.05, 4.69) is 65.1 Å². The lowest BCUT2D eigenvalue weighted by molar-refractivity contribution is 0.247. The topological polar surface area (TPSA) is 64.3 Å². The molecule has 0 atom stereocenters. The molecule has 3 N–H and O–H groups in total. The van der Waals surface area contributed by atoms with Crippen molar-refractivity contribution >= 4 is 6.03 Å². The van der Waals surface area contributed by atoms with Gasteiger partial charge in [-0.2, -0.15) is 0 Å². The largest absolute Gasteiger partial charge is 0.493 e. The molecule has 4 nitrogen and oxygen atoms in total. The van der Waals surface area contributed by atoms with E-state index in [0.717, 1.165) is 31.4 Å². The molecule has 0 fully saturated rings. The Bertz CT molecular complexity index is 565. The summed E-state index contributed by atoms with van der Waals surface area (Å²) in [6.07, 6.45) is 3.90. The van der Waals surface area contributed by atoms with E-state index < -0.39 is 6.03 Å². The number of hydrogen-bond donors (Lipinski definition) is 2. The van der Waals surface area contributed by atoms with E-state index in [9.17, 15) is 4.79 Å². The van der Waals surface area contributed by atoms with Crippen LogP contribution in [0.2, 0.25) is 0 Å². The highest BCUT2D eigenvalue weighted by Crippen LogP contribution is 2.38. The van der Waals surface area contributed by atoms with Crippen LogP contribution in [0.5, 0.6) is 5.75 Å². The van der Waals surface area contributed by atoms with Gasteiger partial charge in [0.15, 0.2) is 0 Å². The van der Waals surface area contributed by atoms with Gasteiger partial charge < -0.3 is 15.8 Å². The molecule has 142 valence electrons. The van der Waals surface area contributed by atoms with Crippen molar-refractivity contribution in [3.8, 4) is 5.75 Å². The number of urea groups is 1. The van der Waals surface area contributed by atoms with Crippen LogP contribution in [0.1, 0.15) is 78.4 Å². The summed E-state index contributed by atoms with van der Waals surface area (Å²) in [6.45, 7) is 14.8. The first-order valence-corrected chi connectivity index (χ1v) is 9.45. The molecule has 0 aliphatic rings. The van der Waals surface area contributed by atoms with Crippen LogP contribution in [0.15, 0.2) is 18.2 Å². The number of nitrogens with two attached hydrogens (primary N) is 1.